The zero-order chi connectivity index (χ0) is 25.1. The molecule has 0 aromatic rings. The molecule has 4 aliphatic carbocycles. The van der Waals surface area contributed by atoms with E-state index in [-0.39, 0.29) is 28.0 Å². The topological polar surface area (TPSA) is 40.5 Å². The van der Waals surface area contributed by atoms with Crippen molar-refractivity contribution in [1.29, 1.82) is 0 Å². The average Bonchev–Trinajstić information content (AvgIpc) is 3.08. The summed E-state index contributed by atoms with van der Waals surface area (Å²) in [6.45, 7) is 8.97. The molecule has 0 aromatic heterocycles. The van der Waals surface area contributed by atoms with Gasteiger partial charge in [0.1, 0.15) is 0 Å². The number of aliphatic hydroxyl groups excluding tert-OH is 1. The Labute approximate surface area is 208 Å². The van der Waals surface area contributed by atoms with Gasteiger partial charge in [0.25, 0.3) is 0 Å². The maximum Gasteiger partial charge on any atom is 0.393 e. The van der Waals surface area contributed by atoms with Crippen molar-refractivity contribution < 1.29 is 23.4 Å². The highest BCUT2D eigenvalue weighted by Crippen LogP contribution is 2.66. The molecule has 2 nitrogen and oxygen atoms in total. The van der Waals surface area contributed by atoms with Crippen molar-refractivity contribution in [1.82, 2.24) is 0 Å². The van der Waals surface area contributed by atoms with Crippen molar-refractivity contribution in [3.8, 4) is 0 Å². The average molecular weight is 499 g/mol. The van der Waals surface area contributed by atoms with Gasteiger partial charge in [0, 0.05) is 4.86 Å². The number of aliphatic hydroxyl groups is 2. The molecule has 34 heavy (non-hydrogen) atoms. The van der Waals surface area contributed by atoms with Crippen LogP contribution in [0.25, 0.3) is 0 Å². The predicted molar refractivity (Wildman–Crippen MR) is 133 cm³/mol. The van der Waals surface area contributed by atoms with Crippen molar-refractivity contribution in [3.05, 3.63) is 23.3 Å². The number of rotatable bonds is 6. The molecule has 0 bridgehead atoms. The molecule has 192 valence electrons. The summed E-state index contributed by atoms with van der Waals surface area (Å²) in [7, 11) is 0. The van der Waals surface area contributed by atoms with E-state index in [9.17, 15) is 23.4 Å². The van der Waals surface area contributed by atoms with E-state index >= 15 is 0 Å². The van der Waals surface area contributed by atoms with Crippen LogP contribution in [0.4, 0.5) is 13.2 Å². The minimum atomic E-state index is -4.37. The SMILES string of the molecule is C[C@H](CC[C@H](O)C(=S)CC(F)(F)F)C1=CC[C@H]2[C@@H]3CC=C4C[C@@](C)(O)CC[C@]4(C)[C@H]3CC[C@]12C. The van der Waals surface area contributed by atoms with Crippen LogP contribution >= 0.6 is 12.2 Å². The number of hydrogen-bond donors (Lipinski definition) is 2. The Hall–Kier alpha value is -0.720. The first kappa shape index (κ1) is 26.3. The molecule has 0 spiro atoms. The Morgan fingerprint density at radius 3 is 2.44 bits per heavy atom. The van der Waals surface area contributed by atoms with Gasteiger partial charge in [0.15, 0.2) is 0 Å². The van der Waals surface area contributed by atoms with Crippen LogP contribution in [0.2, 0.25) is 0 Å². The van der Waals surface area contributed by atoms with Gasteiger partial charge in [0.05, 0.1) is 18.1 Å². The monoisotopic (exact) mass is 498 g/mol. The summed E-state index contributed by atoms with van der Waals surface area (Å²) in [6, 6.07) is 0. The molecule has 0 heterocycles. The first-order valence-electron chi connectivity index (χ1n) is 13.1. The van der Waals surface area contributed by atoms with Gasteiger partial charge >= 0.3 is 6.18 Å². The molecule has 0 unspecified atom stereocenters. The fourth-order valence-electron chi connectivity index (χ4n) is 8.21. The number of thiocarbonyl (C=S) groups is 1. The lowest BCUT2D eigenvalue weighted by atomic mass is 9.46. The largest absolute Gasteiger partial charge is 0.393 e. The molecule has 4 rings (SSSR count). The summed E-state index contributed by atoms with van der Waals surface area (Å²) < 4.78 is 37.9. The fourth-order valence-corrected chi connectivity index (χ4v) is 8.49. The minimum Gasteiger partial charge on any atom is -0.390 e. The fraction of sp³-hybridized carbons (Fsp3) is 0.821. The number of allylic oxidation sites excluding steroid dienone is 3. The molecule has 2 fully saturated rings. The zero-order valence-electron chi connectivity index (χ0n) is 21.0. The maximum atomic E-state index is 12.6. The van der Waals surface area contributed by atoms with Crippen molar-refractivity contribution in [3.63, 3.8) is 0 Å². The summed E-state index contributed by atoms with van der Waals surface area (Å²) in [5.41, 5.74) is 2.65. The lowest BCUT2D eigenvalue weighted by molar-refractivity contribution is -0.121. The lowest BCUT2D eigenvalue weighted by Gasteiger charge is -2.59. The second kappa shape index (κ2) is 8.99. The smallest absolute Gasteiger partial charge is 0.390 e. The molecule has 0 saturated heterocycles. The van der Waals surface area contributed by atoms with E-state index in [2.05, 4.69) is 32.9 Å². The van der Waals surface area contributed by atoms with E-state index in [1.807, 2.05) is 6.92 Å². The van der Waals surface area contributed by atoms with E-state index in [1.165, 1.54) is 17.6 Å². The number of alkyl halides is 3. The minimum absolute atomic E-state index is 0.125. The van der Waals surface area contributed by atoms with Gasteiger partial charge in [0.2, 0.25) is 0 Å². The summed E-state index contributed by atoms with van der Waals surface area (Å²) in [4.78, 5) is -0.297. The molecule has 2 saturated carbocycles. The number of fused-ring (bicyclic) bond motifs is 5. The van der Waals surface area contributed by atoms with Crippen LogP contribution in [0.5, 0.6) is 0 Å². The summed E-state index contributed by atoms with van der Waals surface area (Å²) in [5.74, 6) is 2.12. The predicted octanol–water partition coefficient (Wildman–Crippen LogP) is 7.34. The molecule has 4 aliphatic rings. The second-order valence-electron chi connectivity index (χ2n) is 12.5. The van der Waals surface area contributed by atoms with Crippen LogP contribution in [0.15, 0.2) is 23.3 Å². The van der Waals surface area contributed by atoms with Crippen molar-refractivity contribution in [2.45, 2.75) is 110 Å². The third-order valence-corrected chi connectivity index (χ3v) is 10.6. The molecule has 2 N–H and O–H groups in total. The summed E-state index contributed by atoms with van der Waals surface area (Å²) in [5, 5.41) is 20.9. The van der Waals surface area contributed by atoms with Gasteiger partial charge in [-0.25, -0.2) is 0 Å². The van der Waals surface area contributed by atoms with Gasteiger partial charge in [-0.15, -0.1) is 0 Å². The highest BCUT2D eigenvalue weighted by molar-refractivity contribution is 7.80. The molecule has 8 atom stereocenters. The summed E-state index contributed by atoms with van der Waals surface area (Å²) >= 11 is 4.86. The Kier molecular flexibility index (Phi) is 6.96. The Bertz CT molecular complexity index is 875. The van der Waals surface area contributed by atoms with Gasteiger partial charge in [-0.3, -0.25) is 0 Å². The van der Waals surface area contributed by atoms with E-state index in [4.69, 9.17) is 12.2 Å². The standard InChI is InChI=1S/C28H41F3O2S/c1-17(5-10-23(32)24(34)16-28(29,30)31)20-8-9-21-19-7-6-18-15-25(2,33)13-14-26(18,3)22(19)11-12-27(20,21)4/h6,8,17,19,21-23,32-33H,5,7,9-16H2,1-4H3/t17-,19+,21+,22+,23+,25+,26+,27-/m1/s1. The second-order valence-corrected chi connectivity index (χ2v) is 13.1. The molecular formula is C28H41F3O2S. The molecule has 0 aliphatic heterocycles. The number of halogens is 3. The normalized spacial score (nSPS) is 41.5. The first-order valence-corrected chi connectivity index (χ1v) is 13.5. The van der Waals surface area contributed by atoms with Crippen molar-refractivity contribution in [2.75, 3.05) is 0 Å². The van der Waals surface area contributed by atoms with Crippen LogP contribution in [-0.4, -0.2) is 33.0 Å². The molecular weight excluding hydrogens is 457 g/mol. The van der Waals surface area contributed by atoms with E-state index in [0.717, 1.165) is 38.5 Å². The van der Waals surface area contributed by atoms with Gasteiger partial charge in [-0.2, -0.15) is 13.2 Å². The van der Waals surface area contributed by atoms with Crippen LogP contribution < -0.4 is 0 Å². The van der Waals surface area contributed by atoms with E-state index in [1.54, 1.807) is 0 Å². The highest BCUT2D eigenvalue weighted by Gasteiger charge is 2.57. The Balaban J connectivity index is 1.43. The van der Waals surface area contributed by atoms with Crippen molar-refractivity contribution >= 4 is 17.1 Å². The van der Waals surface area contributed by atoms with Crippen molar-refractivity contribution in [2.24, 2.45) is 34.5 Å². The zero-order valence-corrected chi connectivity index (χ0v) is 21.9. The van der Waals surface area contributed by atoms with Crippen LogP contribution in [-0.2, 0) is 0 Å². The molecule has 6 heteroatoms. The maximum absolute atomic E-state index is 12.6. The van der Waals surface area contributed by atoms with E-state index in [0.29, 0.717) is 24.2 Å². The van der Waals surface area contributed by atoms with Gasteiger partial charge < -0.3 is 10.2 Å². The van der Waals surface area contributed by atoms with E-state index < -0.39 is 24.3 Å². The molecule has 0 amide bonds. The summed E-state index contributed by atoms with van der Waals surface area (Å²) in [6.07, 6.45) is 6.28. The number of hydrogen-bond acceptors (Lipinski definition) is 3. The molecule has 0 radical (unpaired) electrons. The first-order chi connectivity index (χ1) is 15.7. The third kappa shape index (κ3) is 4.80. The third-order valence-electron chi connectivity index (χ3n) is 10.2. The van der Waals surface area contributed by atoms with Crippen LogP contribution in [0.3, 0.4) is 0 Å². The van der Waals surface area contributed by atoms with Crippen LogP contribution in [0.1, 0.15) is 91.9 Å². The lowest BCUT2D eigenvalue weighted by Crippen LogP contribution is -2.51. The molecule has 0 aromatic carbocycles. The van der Waals surface area contributed by atoms with Gasteiger partial charge in [-0.1, -0.05) is 56.3 Å². The highest BCUT2D eigenvalue weighted by atomic mass is 32.1. The van der Waals surface area contributed by atoms with Gasteiger partial charge in [-0.05, 0) is 99.2 Å². The quantitative estimate of drug-likeness (QED) is 0.297. The Morgan fingerprint density at radius 1 is 1.06 bits per heavy atom. The van der Waals surface area contributed by atoms with Crippen LogP contribution in [0, 0.1) is 34.5 Å². The Morgan fingerprint density at radius 2 is 1.76 bits per heavy atom.